The zero-order chi connectivity index (χ0) is 25.1. The first kappa shape index (κ1) is 23.3. The zero-order valence-electron chi connectivity index (χ0n) is 19.1. The van der Waals surface area contributed by atoms with Crippen LogP contribution in [0.15, 0.2) is 65.6 Å². The number of rotatable bonds is 6. The molecule has 0 saturated carbocycles. The maximum Gasteiger partial charge on any atom is 0.346 e. The second-order valence-corrected chi connectivity index (χ2v) is 11.0. The van der Waals surface area contributed by atoms with Crippen molar-refractivity contribution in [1.29, 1.82) is 0 Å². The average molecular weight is 502 g/mol. The van der Waals surface area contributed by atoms with Crippen LogP contribution in [0.4, 0.5) is 5.69 Å². The van der Waals surface area contributed by atoms with Crippen molar-refractivity contribution in [1.82, 2.24) is 14.0 Å². The number of carbonyl (C=O) groups is 2. The van der Waals surface area contributed by atoms with Gasteiger partial charge in [0.2, 0.25) is 16.2 Å². The number of sulfonamides is 1. The van der Waals surface area contributed by atoms with Gasteiger partial charge in [-0.1, -0.05) is 19.1 Å². The van der Waals surface area contributed by atoms with E-state index in [-0.39, 0.29) is 36.0 Å². The normalized spacial score (nSPS) is 27.1. The number of aliphatic carboxylic acids is 2. The van der Waals surface area contributed by atoms with Gasteiger partial charge in [-0.15, -0.1) is 0 Å². The van der Waals surface area contributed by atoms with Crippen LogP contribution in [0.2, 0.25) is 0 Å². The van der Waals surface area contributed by atoms with Gasteiger partial charge in [-0.2, -0.15) is 4.57 Å². The van der Waals surface area contributed by atoms with Crippen LogP contribution in [-0.4, -0.2) is 53.1 Å². The average Bonchev–Trinajstić information content (AvgIpc) is 3.27. The summed E-state index contributed by atoms with van der Waals surface area (Å²) in [6.45, 7) is 2.69. The van der Waals surface area contributed by atoms with Crippen LogP contribution in [0.5, 0.6) is 0 Å². The number of primary sulfonamides is 1. The first-order valence-corrected chi connectivity index (χ1v) is 12.7. The van der Waals surface area contributed by atoms with E-state index in [0.29, 0.717) is 17.6 Å². The van der Waals surface area contributed by atoms with Crippen molar-refractivity contribution in [3.8, 4) is 0 Å². The van der Waals surface area contributed by atoms with Crippen LogP contribution in [0.3, 0.4) is 0 Å². The van der Waals surface area contributed by atoms with Crippen LogP contribution in [0.25, 0.3) is 0 Å². The van der Waals surface area contributed by atoms with Gasteiger partial charge in [-0.3, -0.25) is 4.79 Å². The summed E-state index contributed by atoms with van der Waals surface area (Å²) in [6.07, 6.45) is 9.49. The molecule has 0 aliphatic carbocycles. The molecule has 0 radical (unpaired) electrons. The summed E-state index contributed by atoms with van der Waals surface area (Å²) in [5, 5.41) is 24.2. The van der Waals surface area contributed by atoms with E-state index < -0.39 is 22.0 Å². The van der Waals surface area contributed by atoms with Gasteiger partial charge in [0, 0.05) is 24.3 Å². The Morgan fingerprint density at radius 1 is 1.17 bits per heavy atom. The first-order chi connectivity index (χ1) is 16.5. The number of benzene rings is 1. The molecule has 5 rings (SSSR count). The van der Waals surface area contributed by atoms with Gasteiger partial charge in [0.25, 0.3) is 0 Å². The summed E-state index contributed by atoms with van der Waals surface area (Å²) < 4.78 is 27.9. The maximum absolute atomic E-state index is 11.9. The lowest BCUT2D eigenvalue weighted by atomic mass is 9.89. The Labute approximate surface area is 202 Å². The molecule has 184 valence electrons. The fourth-order valence-corrected chi connectivity index (χ4v) is 6.33. The minimum Gasteiger partial charge on any atom is -0.480 e. The van der Waals surface area contributed by atoms with Gasteiger partial charge < -0.3 is 15.1 Å². The molecule has 11 nitrogen and oxygen atoms in total. The van der Waals surface area contributed by atoms with Crippen LogP contribution >= 0.6 is 0 Å². The summed E-state index contributed by atoms with van der Waals surface area (Å²) in [4.78, 5) is 24.8. The molecule has 4 unspecified atom stereocenters. The highest BCUT2D eigenvalue weighted by molar-refractivity contribution is 7.89. The Kier molecular flexibility index (Phi) is 5.34. The molecule has 1 aromatic heterocycles. The molecular weight excluding hydrogens is 474 g/mol. The molecule has 2 bridgehead atoms. The standard InChI is InChI=1S/C23H25N5O6S/c1-15-16-6-7-25(11-21(29)30)17(10-16)13-28(18-2-4-19(5-3-18)35(24,33)34)14-20-26(12-22(31)32)8-9-27(20)23(15)28/h2-10,15-16,23H,11-14H2,1H3,(H2-2,24,29,30,31,32,33,34)/p+2. The summed E-state index contributed by atoms with van der Waals surface area (Å²) in [6, 6.07) is 6.46. The van der Waals surface area contributed by atoms with Gasteiger partial charge in [0.1, 0.15) is 31.2 Å². The molecule has 0 spiro atoms. The molecule has 0 fully saturated rings. The molecular formula is C23H27N5O6S+2. The maximum atomic E-state index is 11.9. The summed E-state index contributed by atoms with van der Waals surface area (Å²) in [7, 11) is -3.87. The number of imidazole rings is 1. The van der Waals surface area contributed by atoms with Crippen molar-refractivity contribution in [2.45, 2.75) is 31.1 Å². The number of hydrogen-bond acceptors (Lipinski definition) is 5. The van der Waals surface area contributed by atoms with Crippen LogP contribution in [0, 0.1) is 11.8 Å². The number of allylic oxidation sites excluding steroid dienone is 2. The van der Waals surface area contributed by atoms with Crippen molar-refractivity contribution < 1.29 is 32.8 Å². The third-order valence-electron chi connectivity index (χ3n) is 7.31. The van der Waals surface area contributed by atoms with E-state index in [1.165, 1.54) is 12.1 Å². The Hall–Kier alpha value is -3.48. The summed E-state index contributed by atoms with van der Waals surface area (Å²) in [5.41, 5.74) is 1.70. The number of nitrogens with two attached hydrogens (primary N) is 1. The second kappa shape index (κ2) is 8.04. The largest absolute Gasteiger partial charge is 0.480 e. The molecule has 4 heterocycles. The quantitative estimate of drug-likeness (QED) is 0.388. The predicted octanol–water partition coefficient (Wildman–Crippen LogP) is 0.591. The fraction of sp³-hybridized carbons (Fsp3) is 0.348. The third kappa shape index (κ3) is 3.83. The highest BCUT2D eigenvalue weighted by Gasteiger charge is 2.59. The van der Waals surface area contributed by atoms with Gasteiger partial charge in [0.15, 0.2) is 13.1 Å². The molecule has 12 heteroatoms. The number of carboxylic acids is 2. The number of fused-ring (bicyclic) bond motifs is 4. The van der Waals surface area contributed by atoms with E-state index >= 15 is 0 Å². The van der Waals surface area contributed by atoms with Gasteiger partial charge in [0.05, 0.1) is 16.5 Å². The lowest BCUT2D eigenvalue weighted by Gasteiger charge is -2.39. The van der Waals surface area contributed by atoms with Gasteiger partial charge in [-0.25, -0.2) is 27.4 Å². The molecule has 35 heavy (non-hydrogen) atoms. The van der Waals surface area contributed by atoms with Gasteiger partial charge >= 0.3 is 17.8 Å². The van der Waals surface area contributed by atoms with E-state index in [4.69, 9.17) is 5.14 Å². The minimum absolute atomic E-state index is 0.00532. The van der Waals surface area contributed by atoms with Crippen molar-refractivity contribution in [3.63, 3.8) is 0 Å². The highest BCUT2D eigenvalue weighted by atomic mass is 32.2. The summed E-state index contributed by atoms with van der Waals surface area (Å²) in [5.74, 6) is -0.933. The monoisotopic (exact) mass is 501 g/mol. The molecule has 0 saturated heterocycles. The van der Waals surface area contributed by atoms with E-state index in [0.717, 1.165) is 17.2 Å². The molecule has 0 amide bonds. The van der Waals surface area contributed by atoms with E-state index in [1.54, 1.807) is 27.8 Å². The topological polar surface area (TPSA) is 147 Å². The molecule has 3 aliphatic heterocycles. The van der Waals surface area contributed by atoms with E-state index in [1.807, 2.05) is 18.5 Å². The molecule has 4 N–H and O–H groups in total. The molecule has 3 aliphatic rings. The van der Waals surface area contributed by atoms with Gasteiger partial charge in [-0.05, 0) is 12.1 Å². The Bertz CT molecular complexity index is 1380. The number of nitrogens with zero attached hydrogens (tertiary/aromatic N) is 4. The van der Waals surface area contributed by atoms with Crippen molar-refractivity contribution in [2.75, 3.05) is 13.1 Å². The lowest BCUT2D eigenvalue weighted by Crippen LogP contribution is -2.53. The molecule has 4 atom stereocenters. The lowest BCUT2D eigenvalue weighted by molar-refractivity contribution is -0.692. The predicted molar refractivity (Wildman–Crippen MR) is 124 cm³/mol. The smallest absolute Gasteiger partial charge is 0.346 e. The highest BCUT2D eigenvalue weighted by Crippen LogP contribution is 2.49. The first-order valence-electron chi connectivity index (χ1n) is 11.2. The zero-order valence-corrected chi connectivity index (χ0v) is 19.9. The van der Waals surface area contributed by atoms with Crippen LogP contribution in [0.1, 0.15) is 18.9 Å². The Morgan fingerprint density at radius 3 is 2.51 bits per heavy atom. The molecule has 2 aromatic rings. The number of quaternary nitrogens is 1. The SMILES string of the molecule is CC1C2C=CN(CC(=O)O)C(=C2)C[N+]2(c3ccc(S(N)(=O)=O)cc3)Cc3n(cc[n+]3CC(=O)O)C12. The van der Waals surface area contributed by atoms with Crippen molar-refractivity contribution in [3.05, 3.63) is 66.5 Å². The van der Waals surface area contributed by atoms with Crippen LogP contribution in [-0.2, 0) is 32.7 Å². The third-order valence-corrected chi connectivity index (χ3v) is 8.24. The Balaban J connectivity index is 1.67. The number of aromatic nitrogens is 2. The Morgan fingerprint density at radius 2 is 1.89 bits per heavy atom. The van der Waals surface area contributed by atoms with Crippen molar-refractivity contribution >= 4 is 27.6 Å². The summed E-state index contributed by atoms with van der Waals surface area (Å²) >= 11 is 0. The van der Waals surface area contributed by atoms with E-state index in [2.05, 4.69) is 17.6 Å². The van der Waals surface area contributed by atoms with Crippen molar-refractivity contribution in [2.24, 2.45) is 17.0 Å². The van der Waals surface area contributed by atoms with Crippen LogP contribution < -0.4 is 14.2 Å². The molecule has 1 aromatic carbocycles. The number of carboxylic acid groups (broad SMARTS) is 2. The van der Waals surface area contributed by atoms with E-state index in [9.17, 15) is 28.2 Å². The second-order valence-electron chi connectivity index (χ2n) is 9.40. The minimum atomic E-state index is -3.87. The fourth-order valence-electron chi connectivity index (χ4n) is 5.81. The number of hydrogen-bond donors (Lipinski definition) is 3.